The van der Waals surface area contributed by atoms with Crippen LogP contribution in [0.1, 0.15) is 41.1 Å². The molecular formula is C21H21NO6. The third-order valence-electron chi connectivity index (χ3n) is 5.25. The van der Waals surface area contributed by atoms with Crippen molar-refractivity contribution in [2.45, 2.75) is 31.5 Å². The van der Waals surface area contributed by atoms with E-state index >= 15 is 0 Å². The molecule has 3 N–H and O–H groups in total. The van der Waals surface area contributed by atoms with Gasteiger partial charge in [0.15, 0.2) is 11.4 Å². The minimum atomic E-state index is -1.28. The average Bonchev–Trinajstić information content (AvgIpc) is 3.10. The molecule has 7 heteroatoms. The number of hydrogen-bond acceptors (Lipinski definition) is 7. The number of nitrogens with zero attached hydrogens (tertiary/aromatic N) is 1. The summed E-state index contributed by atoms with van der Waals surface area (Å²) in [6.07, 6.45) is 0.744. The Labute approximate surface area is 161 Å². The van der Waals surface area contributed by atoms with Crippen molar-refractivity contribution in [1.29, 1.82) is 0 Å². The Balaban J connectivity index is 1.73. The average molecular weight is 383 g/mol. The van der Waals surface area contributed by atoms with Crippen LogP contribution in [0, 0.1) is 0 Å². The Morgan fingerprint density at radius 1 is 1.21 bits per heavy atom. The molecule has 0 bridgehead atoms. The zero-order valence-electron chi connectivity index (χ0n) is 15.5. The van der Waals surface area contributed by atoms with Gasteiger partial charge in [-0.25, -0.2) is 0 Å². The molecule has 4 rings (SSSR count). The zero-order chi connectivity index (χ0) is 20.1. The van der Waals surface area contributed by atoms with Crippen molar-refractivity contribution in [3.63, 3.8) is 0 Å². The van der Waals surface area contributed by atoms with Gasteiger partial charge >= 0.3 is 0 Å². The number of hydrogen-bond donors (Lipinski definition) is 3. The van der Waals surface area contributed by atoms with Crippen LogP contribution in [-0.4, -0.2) is 51.5 Å². The maximum Gasteiger partial charge on any atom is 0.197 e. The predicted octanol–water partition coefficient (Wildman–Crippen LogP) is 1.79. The lowest BCUT2D eigenvalue weighted by Crippen LogP contribution is -2.34. The minimum absolute atomic E-state index is 0.114. The molecule has 7 nitrogen and oxygen atoms in total. The molecule has 0 amide bonds. The fourth-order valence-corrected chi connectivity index (χ4v) is 3.62. The summed E-state index contributed by atoms with van der Waals surface area (Å²) in [7, 11) is 0. The summed E-state index contributed by atoms with van der Waals surface area (Å²) in [6, 6.07) is 6.88. The van der Waals surface area contributed by atoms with Gasteiger partial charge in [0, 0.05) is 22.6 Å². The van der Waals surface area contributed by atoms with Gasteiger partial charge in [0.1, 0.15) is 30.3 Å². The smallest absolute Gasteiger partial charge is 0.197 e. The number of carbonyl (C=O) groups excluding carboxylic acids is 1. The number of rotatable bonds is 5. The van der Waals surface area contributed by atoms with Crippen molar-refractivity contribution in [3.8, 4) is 5.75 Å². The Hall–Kier alpha value is -2.74. The Kier molecular flexibility index (Phi) is 4.45. The second-order valence-corrected chi connectivity index (χ2v) is 7.47. The first-order valence-electron chi connectivity index (χ1n) is 9.00. The maximum absolute atomic E-state index is 13.2. The van der Waals surface area contributed by atoms with Gasteiger partial charge in [0.2, 0.25) is 0 Å². The normalized spacial score (nSPS) is 17.1. The number of aliphatic hydroxyl groups excluding tert-OH is 3. The van der Waals surface area contributed by atoms with Gasteiger partial charge in [0.25, 0.3) is 0 Å². The summed E-state index contributed by atoms with van der Waals surface area (Å²) in [5.41, 5.74) is 1.87. The molecule has 2 atom stereocenters. The van der Waals surface area contributed by atoms with Gasteiger partial charge in [-0.05, 0) is 43.7 Å². The summed E-state index contributed by atoms with van der Waals surface area (Å²) in [5, 5.41) is 28.9. The number of fused-ring (bicyclic) bond motifs is 4. The number of aliphatic hydroxyl groups is 3. The van der Waals surface area contributed by atoms with Crippen molar-refractivity contribution < 1.29 is 29.3 Å². The van der Waals surface area contributed by atoms with E-state index in [1.165, 1.54) is 0 Å². The summed E-state index contributed by atoms with van der Waals surface area (Å²) in [5.74, 6) is 0.919. The van der Waals surface area contributed by atoms with Crippen LogP contribution in [0.15, 0.2) is 41.1 Å². The summed E-state index contributed by atoms with van der Waals surface area (Å²) < 4.78 is 11.6. The van der Waals surface area contributed by atoms with Crippen molar-refractivity contribution in [1.82, 2.24) is 4.98 Å². The highest BCUT2D eigenvalue weighted by Gasteiger charge is 2.41. The molecule has 1 aliphatic carbocycles. The van der Waals surface area contributed by atoms with Crippen molar-refractivity contribution in [3.05, 3.63) is 59.1 Å². The molecule has 0 fully saturated rings. The van der Waals surface area contributed by atoms with Gasteiger partial charge < -0.3 is 24.5 Å². The highest BCUT2D eigenvalue weighted by Crippen LogP contribution is 2.46. The molecule has 3 aromatic rings. The molecule has 2 unspecified atom stereocenters. The molecule has 28 heavy (non-hydrogen) atoms. The number of ether oxygens (including phenoxy) is 1. The first-order chi connectivity index (χ1) is 13.3. The number of benzene rings is 1. The minimum Gasteiger partial charge on any atom is -0.491 e. The third kappa shape index (κ3) is 2.79. The lowest BCUT2D eigenvalue weighted by atomic mass is 9.72. The lowest BCUT2D eigenvalue weighted by molar-refractivity contribution is -0.0339. The monoisotopic (exact) mass is 383 g/mol. The lowest BCUT2D eigenvalue weighted by Gasteiger charge is -2.31. The molecule has 1 aromatic carbocycles. The number of pyridine rings is 1. The predicted molar refractivity (Wildman–Crippen MR) is 101 cm³/mol. The summed E-state index contributed by atoms with van der Waals surface area (Å²) in [4.78, 5) is 17.2. The molecule has 0 saturated heterocycles. The highest BCUT2D eigenvalue weighted by atomic mass is 16.5. The number of ketones is 1. The van der Waals surface area contributed by atoms with Crippen LogP contribution < -0.4 is 4.74 Å². The van der Waals surface area contributed by atoms with Gasteiger partial charge in [-0.3, -0.25) is 9.78 Å². The molecule has 0 saturated carbocycles. The zero-order valence-corrected chi connectivity index (χ0v) is 15.5. The van der Waals surface area contributed by atoms with Gasteiger partial charge in [-0.1, -0.05) is 0 Å². The molecule has 0 aliphatic heterocycles. The van der Waals surface area contributed by atoms with Crippen LogP contribution in [-0.2, 0) is 5.41 Å². The van der Waals surface area contributed by atoms with E-state index in [2.05, 4.69) is 4.98 Å². The molecule has 0 radical (unpaired) electrons. The molecule has 146 valence electrons. The third-order valence-corrected chi connectivity index (χ3v) is 5.25. The topological polar surface area (TPSA) is 113 Å². The molecule has 2 aromatic heterocycles. The fourth-order valence-electron chi connectivity index (χ4n) is 3.62. The second-order valence-electron chi connectivity index (χ2n) is 7.47. The highest BCUT2D eigenvalue weighted by molar-refractivity contribution is 6.19. The number of carbonyl (C=O) groups is 1. The van der Waals surface area contributed by atoms with E-state index in [0.29, 0.717) is 28.2 Å². The molecule has 2 heterocycles. The van der Waals surface area contributed by atoms with Crippen LogP contribution in [0.25, 0.3) is 11.0 Å². The van der Waals surface area contributed by atoms with E-state index in [9.17, 15) is 15.0 Å². The maximum atomic E-state index is 13.2. The van der Waals surface area contributed by atoms with E-state index < -0.39 is 24.2 Å². The summed E-state index contributed by atoms with van der Waals surface area (Å²) >= 11 is 0. The largest absolute Gasteiger partial charge is 0.491 e. The van der Waals surface area contributed by atoms with Crippen molar-refractivity contribution in [2.75, 3.05) is 13.2 Å². The Morgan fingerprint density at radius 3 is 2.75 bits per heavy atom. The van der Waals surface area contributed by atoms with Gasteiger partial charge in [-0.15, -0.1) is 0 Å². The summed E-state index contributed by atoms with van der Waals surface area (Å²) in [6.45, 7) is 3.21. The van der Waals surface area contributed by atoms with Crippen molar-refractivity contribution in [2.24, 2.45) is 0 Å². The van der Waals surface area contributed by atoms with Crippen LogP contribution in [0.4, 0.5) is 0 Å². The van der Waals surface area contributed by atoms with Crippen LogP contribution >= 0.6 is 0 Å². The number of furan rings is 1. The van der Waals surface area contributed by atoms with Gasteiger partial charge in [-0.2, -0.15) is 0 Å². The van der Waals surface area contributed by atoms with E-state index in [1.54, 1.807) is 36.7 Å². The molecule has 0 spiro atoms. The number of aromatic nitrogens is 1. The van der Waals surface area contributed by atoms with Crippen LogP contribution in [0.3, 0.4) is 0 Å². The van der Waals surface area contributed by atoms with E-state index in [-0.39, 0.29) is 12.4 Å². The van der Waals surface area contributed by atoms with Crippen LogP contribution in [0.5, 0.6) is 5.75 Å². The second kappa shape index (κ2) is 6.70. The van der Waals surface area contributed by atoms with E-state index in [4.69, 9.17) is 14.3 Å². The molecular weight excluding hydrogens is 362 g/mol. The standard InChI is InChI=1S/C21H21NO6/c1-21(2)14-7-11(27-10-16(25)15(24)9-23)3-4-12(14)19(26)18-13-5-6-22-8-17(13)28-20(18)21/h3-8,15-16,23-25H,9-10H2,1-2H3. The fraction of sp³-hybridized carbons (Fsp3) is 0.333. The van der Waals surface area contributed by atoms with Crippen LogP contribution in [0.2, 0.25) is 0 Å². The Morgan fingerprint density at radius 2 is 2.00 bits per heavy atom. The van der Waals surface area contributed by atoms with E-state index in [0.717, 1.165) is 10.9 Å². The van der Waals surface area contributed by atoms with E-state index in [1.807, 2.05) is 13.8 Å². The van der Waals surface area contributed by atoms with Crippen molar-refractivity contribution >= 4 is 16.8 Å². The van der Waals surface area contributed by atoms with Gasteiger partial charge in [0.05, 0.1) is 18.4 Å². The first-order valence-corrected chi connectivity index (χ1v) is 9.00. The Bertz CT molecular complexity index is 1050. The molecule has 1 aliphatic rings. The quantitative estimate of drug-likeness (QED) is 0.616. The first kappa shape index (κ1) is 18.6. The SMILES string of the molecule is CC1(C)c2cc(OCC(O)C(O)CO)ccc2C(=O)c2c1oc1cnccc21.